The fourth-order valence-electron chi connectivity index (χ4n) is 7.25. The summed E-state index contributed by atoms with van der Waals surface area (Å²) in [6, 6.07) is 35.2. The van der Waals surface area contributed by atoms with E-state index in [1.165, 1.54) is 38.8 Å². The average molecular weight is 705 g/mol. The fourth-order valence-corrected chi connectivity index (χ4v) is 7.25. The van der Waals surface area contributed by atoms with Crippen LogP contribution in [0.4, 0.5) is 11.4 Å². The summed E-state index contributed by atoms with van der Waals surface area (Å²) in [5, 5.41) is 2.37. The van der Waals surface area contributed by atoms with E-state index in [2.05, 4.69) is 201 Å². The first kappa shape index (κ1) is 36.3. The molecule has 274 valence electrons. The normalized spacial score (nSPS) is 14.4. The van der Waals surface area contributed by atoms with Crippen LogP contribution in [-0.4, -0.2) is 16.2 Å². The molecule has 3 heterocycles. The number of allylic oxidation sites excluding steroid dienone is 1. The van der Waals surface area contributed by atoms with Gasteiger partial charge in [-0.2, -0.15) is 0 Å². The van der Waals surface area contributed by atoms with Crippen molar-refractivity contribution in [2.45, 2.75) is 99.3 Å². The second-order valence-corrected chi connectivity index (χ2v) is 18.9. The molecule has 0 saturated carbocycles. The molecule has 0 N–H and O–H groups in total. The lowest BCUT2D eigenvalue weighted by Gasteiger charge is -2.32. The minimum atomic E-state index is -0.0813. The van der Waals surface area contributed by atoms with Crippen LogP contribution in [0.1, 0.15) is 99.8 Å². The Kier molecular flexibility index (Phi) is 8.79. The summed E-state index contributed by atoms with van der Waals surface area (Å²) in [6.07, 6.45) is 4.25. The lowest BCUT2D eigenvalue weighted by molar-refractivity contribution is 0.477. The molecule has 0 saturated heterocycles. The third-order valence-electron chi connectivity index (χ3n) is 10.5. The molecule has 0 amide bonds. The highest BCUT2D eigenvalue weighted by molar-refractivity contribution is 6.09. The molecular formula is C48H56N4O. The first-order valence-electron chi connectivity index (χ1n) is 19.0. The van der Waals surface area contributed by atoms with E-state index < -0.39 is 0 Å². The minimum Gasteiger partial charge on any atom is -0.457 e. The summed E-state index contributed by atoms with van der Waals surface area (Å²) in [5.41, 5.74) is 9.56. The Hall–Kier alpha value is -5.03. The van der Waals surface area contributed by atoms with E-state index in [0.29, 0.717) is 0 Å². The van der Waals surface area contributed by atoms with E-state index in [9.17, 15) is 0 Å². The summed E-state index contributed by atoms with van der Waals surface area (Å²) >= 11 is 0. The van der Waals surface area contributed by atoms with Gasteiger partial charge in [0, 0.05) is 57.8 Å². The van der Waals surface area contributed by atoms with E-state index in [4.69, 9.17) is 9.72 Å². The molecule has 2 aromatic heterocycles. The molecule has 5 nitrogen and oxygen atoms in total. The van der Waals surface area contributed by atoms with Gasteiger partial charge in [0.25, 0.3) is 0 Å². The average Bonchev–Trinajstić information content (AvgIpc) is 3.68. The Morgan fingerprint density at radius 1 is 0.528 bits per heavy atom. The predicted octanol–water partition coefficient (Wildman–Crippen LogP) is 13.0. The van der Waals surface area contributed by atoms with E-state index in [1.807, 2.05) is 6.20 Å². The molecule has 0 radical (unpaired) electrons. The maximum atomic E-state index is 6.87. The Morgan fingerprint density at radius 2 is 1.19 bits per heavy atom. The van der Waals surface area contributed by atoms with Crippen molar-refractivity contribution in [1.82, 2.24) is 9.55 Å². The van der Waals surface area contributed by atoms with Crippen molar-refractivity contribution < 1.29 is 4.74 Å². The molecule has 0 fully saturated rings. The van der Waals surface area contributed by atoms with Crippen LogP contribution in [0.25, 0.3) is 27.6 Å². The van der Waals surface area contributed by atoms with Gasteiger partial charge >= 0.3 is 0 Å². The molecule has 4 aromatic carbocycles. The number of aromatic nitrogens is 2. The van der Waals surface area contributed by atoms with Crippen LogP contribution in [0.2, 0.25) is 0 Å². The predicted molar refractivity (Wildman–Crippen MR) is 225 cm³/mol. The van der Waals surface area contributed by atoms with Crippen LogP contribution >= 0.6 is 0 Å². The van der Waals surface area contributed by atoms with Crippen molar-refractivity contribution in [1.29, 1.82) is 0 Å². The molecule has 0 unspecified atom stereocenters. The molecule has 0 atom stereocenters. The number of rotatable bonds is 5. The van der Waals surface area contributed by atoms with E-state index in [-0.39, 0.29) is 21.7 Å². The quantitative estimate of drug-likeness (QED) is 0.179. The van der Waals surface area contributed by atoms with Crippen LogP contribution in [-0.2, 0) is 16.2 Å². The lowest BCUT2D eigenvalue weighted by atomic mass is 9.86. The number of anilines is 2. The molecule has 1 aliphatic heterocycles. The van der Waals surface area contributed by atoms with Crippen molar-refractivity contribution >= 4 is 33.2 Å². The van der Waals surface area contributed by atoms with Crippen molar-refractivity contribution in [2.75, 3.05) is 16.5 Å². The zero-order valence-corrected chi connectivity index (χ0v) is 33.8. The molecule has 5 heteroatoms. The largest absolute Gasteiger partial charge is 0.457 e. The standard InChI is InChI=1S/C48H56N4O/c1-45(2,3)32-17-19-35(20-18-32)50-30-43(48(10,11)12)51(31-50)36-25-34(47(7,8)9)26-38(28-36)53-37-21-22-40-39-15-13-14-16-41(39)52(42(40)29-37)44-27-33(23-24-49-44)46(4,5)6/h13-30H,31H2,1-12H3. The summed E-state index contributed by atoms with van der Waals surface area (Å²) in [7, 11) is 0. The van der Waals surface area contributed by atoms with Gasteiger partial charge in [0.1, 0.15) is 17.3 Å². The molecule has 0 aliphatic carbocycles. The third-order valence-corrected chi connectivity index (χ3v) is 10.5. The number of nitrogens with zero attached hydrogens (tertiary/aromatic N) is 4. The van der Waals surface area contributed by atoms with Crippen LogP contribution in [0.5, 0.6) is 11.5 Å². The molecule has 7 rings (SSSR count). The van der Waals surface area contributed by atoms with Gasteiger partial charge in [-0.15, -0.1) is 0 Å². The second-order valence-electron chi connectivity index (χ2n) is 18.9. The Labute approximate surface area is 316 Å². The van der Waals surface area contributed by atoms with Crippen molar-refractivity contribution in [3.63, 3.8) is 0 Å². The zero-order chi connectivity index (χ0) is 38.1. The maximum absolute atomic E-state index is 6.87. The third kappa shape index (κ3) is 7.19. The van der Waals surface area contributed by atoms with E-state index in [0.717, 1.165) is 40.7 Å². The summed E-state index contributed by atoms with van der Waals surface area (Å²) in [6.45, 7) is 27.9. The van der Waals surface area contributed by atoms with Crippen LogP contribution in [0, 0.1) is 5.41 Å². The number of hydrogen-bond donors (Lipinski definition) is 0. The Morgan fingerprint density at radius 3 is 1.85 bits per heavy atom. The van der Waals surface area contributed by atoms with Crippen LogP contribution in [0.3, 0.4) is 0 Å². The van der Waals surface area contributed by atoms with Gasteiger partial charge in [0.15, 0.2) is 0 Å². The highest BCUT2D eigenvalue weighted by Crippen LogP contribution is 2.42. The molecule has 0 spiro atoms. The van der Waals surface area contributed by atoms with Gasteiger partial charge < -0.3 is 14.5 Å². The summed E-state index contributed by atoms with van der Waals surface area (Å²) in [5.74, 6) is 2.52. The molecule has 1 aliphatic rings. The number of hydrogen-bond acceptors (Lipinski definition) is 4. The second kappa shape index (κ2) is 12.8. The van der Waals surface area contributed by atoms with Crippen molar-refractivity contribution in [3.05, 3.63) is 132 Å². The van der Waals surface area contributed by atoms with E-state index in [1.54, 1.807) is 0 Å². The summed E-state index contributed by atoms with van der Waals surface area (Å²) < 4.78 is 9.15. The van der Waals surface area contributed by atoms with E-state index >= 15 is 0 Å². The highest BCUT2D eigenvalue weighted by Gasteiger charge is 2.32. The van der Waals surface area contributed by atoms with Crippen molar-refractivity contribution in [3.8, 4) is 17.3 Å². The van der Waals surface area contributed by atoms with Gasteiger partial charge in [-0.25, -0.2) is 4.98 Å². The molecule has 6 aromatic rings. The van der Waals surface area contributed by atoms with Gasteiger partial charge in [-0.05, 0) is 87.5 Å². The number of benzene rings is 4. The van der Waals surface area contributed by atoms with Gasteiger partial charge in [0.2, 0.25) is 0 Å². The topological polar surface area (TPSA) is 33.5 Å². The van der Waals surface area contributed by atoms with Gasteiger partial charge in [-0.3, -0.25) is 4.57 Å². The number of para-hydroxylation sites is 1. The molecular weight excluding hydrogens is 649 g/mol. The lowest BCUT2D eigenvalue weighted by Crippen LogP contribution is -2.31. The SMILES string of the molecule is CC(C)(C)C1=CN(c2ccc(C(C)(C)C)cc2)CN1c1cc(Oc2ccc3c4ccccc4n(-c4cc(C(C)(C)C)ccn4)c3c2)cc(C(C)(C)C)c1. The molecule has 53 heavy (non-hydrogen) atoms. The first-order valence-corrected chi connectivity index (χ1v) is 19.0. The highest BCUT2D eigenvalue weighted by atomic mass is 16.5. The van der Waals surface area contributed by atoms with Crippen LogP contribution < -0.4 is 14.5 Å². The maximum Gasteiger partial charge on any atom is 0.137 e. The van der Waals surface area contributed by atoms with Gasteiger partial charge in [-0.1, -0.05) is 113 Å². The zero-order valence-electron chi connectivity index (χ0n) is 33.8. The number of pyridine rings is 1. The number of fused-ring (bicyclic) bond motifs is 3. The first-order chi connectivity index (χ1) is 24.8. The summed E-state index contributed by atoms with van der Waals surface area (Å²) in [4.78, 5) is 9.70. The van der Waals surface area contributed by atoms with Crippen molar-refractivity contribution in [2.24, 2.45) is 5.41 Å². The number of ether oxygens (including phenoxy) is 1. The Bertz CT molecular complexity index is 2330. The van der Waals surface area contributed by atoms with Crippen LogP contribution in [0.15, 0.2) is 115 Å². The molecule has 0 bridgehead atoms. The van der Waals surface area contributed by atoms with Gasteiger partial charge in [0.05, 0.1) is 17.7 Å². The minimum absolute atomic E-state index is 0.00575. The smallest absolute Gasteiger partial charge is 0.137 e. The Balaban J connectivity index is 1.30. The fraction of sp³-hybridized carbons (Fsp3) is 0.354. The monoisotopic (exact) mass is 704 g/mol.